The van der Waals surface area contributed by atoms with Gasteiger partial charge in [0.1, 0.15) is 17.1 Å². The van der Waals surface area contributed by atoms with Gasteiger partial charge in [-0.15, -0.1) is 0 Å². The van der Waals surface area contributed by atoms with Gasteiger partial charge >= 0.3 is 11.9 Å². The van der Waals surface area contributed by atoms with Gasteiger partial charge in [0.15, 0.2) is 0 Å². The SMILES string of the molecule is COC(=O)C[C@H](c1ccc(F)c(Cl)c1)c1c(O)c(C(=O)OC)c[nH]c1=O. The molecule has 9 heteroatoms. The largest absolute Gasteiger partial charge is 0.506 e. The molecule has 0 aliphatic carbocycles. The summed E-state index contributed by atoms with van der Waals surface area (Å²) >= 11 is 5.79. The van der Waals surface area contributed by atoms with Gasteiger partial charge in [-0.3, -0.25) is 9.59 Å². The lowest BCUT2D eigenvalue weighted by Crippen LogP contribution is -2.22. The fourth-order valence-corrected chi connectivity index (χ4v) is 2.68. The summed E-state index contributed by atoms with van der Waals surface area (Å²) in [5.74, 6) is -3.93. The fraction of sp³-hybridized carbons (Fsp3) is 0.235. The van der Waals surface area contributed by atoms with E-state index in [1.165, 1.54) is 12.1 Å². The number of rotatable bonds is 5. The molecular formula is C17H15ClFNO6. The summed E-state index contributed by atoms with van der Waals surface area (Å²) in [7, 11) is 2.27. The minimum absolute atomic E-state index is 0.225. The number of esters is 2. The third kappa shape index (κ3) is 3.85. The van der Waals surface area contributed by atoms with E-state index < -0.39 is 35.0 Å². The van der Waals surface area contributed by atoms with Crippen molar-refractivity contribution >= 4 is 23.5 Å². The molecule has 138 valence electrons. The Kier molecular flexibility index (Phi) is 5.99. The summed E-state index contributed by atoms with van der Waals surface area (Å²) in [5.41, 5.74) is -1.000. The van der Waals surface area contributed by atoms with Gasteiger partial charge in [0.2, 0.25) is 0 Å². The number of carbonyl (C=O) groups is 2. The average molecular weight is 384 g/mol. The number of nitrogens with one attached hydrogen (secondary N) is 1. The van der Waals surface area contributed by atoms with Crippen molar-refractivity contribution in [3.05, 3.63) is 62.3 Å². The number of hydrogen-bond acceptors (Lipinski definition) is 6. The van der Waals surface area contributed by atoms with E-state index in [1.54, 1.807) is 0 Å². The maximum Gasteiger partial charge on any atom is 0.343 e. The number of aromatic hydroxyl groups is 1. The quantitative estimate of drug-likeness (QED) is 0.768. The van der Waals surface area contributed by atoms with Gasteiger partial charge in [-0.25, -0.2) is 9.18 Å². The number of benzene rings is 1. The molecular weight excluding hydrogens is 369 g/mol. The Morgan fingerprint density at radius 1 is 1.31 bits per heavy atom. The maximum atomic E-state index is 13.5. The minimum Gasteiger partial charge on any atom is -0.506 e. The van der Waals surface area contributed by atoms with E-state index in [9.17, 15) is 23.9 Å². The smallest absolute Gasteiger partial charge is 0.343 e. The summed E-state index contributed by atoms with van der Waals surface area (Å²) in [5, 5.41) is 10.2. The van der Waals surface area contributed by atoms with E-state index in [-0.39, 0.29) is 28.1 Å². The van der Waals surface area contributed by atoms with Crippen LogP contribution in [-0.2, 0) is 14.3 Å². The van der Waals surface area contributed by atoms with Gasteiger partial charge in [-0.05, 0) is 17.7 Å². The van der Waals surface area contributed by atoms with Gasteiger partial charge in [-0.1, -0.05) is 17.7 Å². The highest BCUT2D eigenvalue weighted by Gasteiger charge is 2.28. The third-order valence-corrected chi connectivity index (χ3v) is 4.09. The predicted molar refractivity (Wildman–Crippen MR) is 90.0 cm³/mol. The van der Waals surface area contributed by atoms with Crippen LogP contribution in [0.15, 0.2) is 29.2 Å². The molecule has 2 rings (SSSR count). The molecule has 0 saturated heterocycles. The number of methoxy groups -OCH3 is 2. The number of aromatic nitrogens is 1. The second-order valence-corrected chi connectivity index (χ2v) is 5.70. The van der Waals surface area contributed by atoms with Gasteiger partial charge in [0.05, 0.1) is 31.2 Å². The predicted octanol–water partition coefficient (Wildman–Crippen LogP) is 2.35. The molecule has 0 radical (unpaired) electrons. The Morgan fingerprint density at radius 2 is 2.00 bits per heavy atom. The Morgan fingerprint density at radius 3 is 2.58 bits per heavy atom. The number of carbonyl (C=O) groups excluding carboxylic acids is 2. The first-order chi connectivity index (χ1) is 12.3. The zero-order valence-electron chi connectivity index (χ0n) is 13.8. The summed E-state index contributed by atoms with van der Waals surface area (Å²) in [4.78, 5) is 38.2. The molecule has 0 amide bonds. The molecule has 0 spiro atoms. The Balaban J connectivity index is 2.69. The molecule has 1 atom stereocenters. The lowest BCUT2D eigenvalue weighted by molar-refractivity contribution is -0.140. The molecule has 0 bridgehead atoms. The minimum atomic E-state index is -1.03. The van der Waals surface area contributed by atoms with Crippen molar-refractivity contribution in [3.63, 3.8) is 0 Å². The van der Waals surface area contributed by atoms with Crippen LogP contribution in [0.4, 0.5) is 4.39 Å². The monoisotopic (exact) mass is 383 g/mol. The summed E-state index contributed by atoms with van der Waals surface area (Å²) in [6.07, 6.45) is 0.652. The second kappa shape index (κ2) is 8.01. The van der Waals surface area contributed by atoms with Gasteiger partial charge in [0.25, 0.3) is 5.56 Å². The number of hydrogen-bond donors (Lipinski definition) is 2. The van der Waals surface area contributed by atoms with E-state index in [0.29, 0.717) is 0 Å². The van der Waals surface area contributed by atoms with E-state index in [2.05, 4.69) is 14.5 Å². The molecule has 0 saturated carbocycles. The highest BCUT2D eigenvalue weighted by molar-refractivity contribution is 6.30. The van der Waals surface area contributed by atoms with Crippen molar-refractivity contribution in [1.29, 1.82) is 0 Å². The zero-order valence-corrected chi connectivity index (χ0v) is 14.6. The Bertz CT molecular complexity index is 911. The molecule has 7 nitrogen and oxygen atoms in total. The number of halogens is 2. The summed E-state index contributed by atoms with van der Waals surface area (Å²) in [6, 6.07) is 3.62. The van der Waals surface area contributed by atoms with Crippen LogP contribution < -0.4 is 5.56 Å². The maximum absolute atomic E-state index is 13.5. The van der Waals surface area contributed by atoms with Gasteiger partial charge < -0.3 is 19.6 Å². The van der Waals surface area contributed by atoms with Crippen LogP contribution in [0, 0.1) is 5.82 Å². The number of pyridine rings is 1. The summed E-state index contributed by atoms with van der Waals surface area (Å²) in [6.45, 7) is 0. The molecule has 0 unspecified atom stereocenters. The second-order valence-electron chi connectivity index (χ2n) is 5.29. The molecule has 2 N–H and O–H groups in total. The van der Waals surface area contributed by atoms with E-state index in [0.717, 1.165) is 26.5 Å². The topological polar surface area (TPSA) is 106 Å². The highest BCUT2D eigenvalue weighted by Crippen LogP contribution is 2.35. The molecule has 1 aromatic heterocycles. The van der Waals surface area contributed by atoms with Crippen molar-refractivity contribution in [3.8, 4) is 5.75 Å². The third-order valence-electron chi connectivity index (χ3n) is 3.80. The van der Waals surface area contributed by atoms with Crippen molar-refractivity contribution in [2.75, 3.05) is 14.2 Å². The van der Waals surface area contributed by atoms with Crippen LogP contribution in [-0.4, -0.2) is 36.2 Å². The highest BCUT2D eigenvalue weighted by atomic mass is 35.5. The van der Waals surface area contributed by atoms with E-state index >= 15 is 0 Å². The van der Waals surface area contributed by atoms with Crippen molar-refractivity contribution in [2.24, 2.45) is 0 Å². The normalized spacial score (nSPS) is 11.7. The van der Waals surface area contributed by atoms with Crippen LogP contribution >= 0.6 is 11.6 Å². The first-order valence-electron chi connectivity index (χ1n) is 7.34. The number of H-pyrrole nitrogens is 1. The van der Waals surface area contributed by atoms with Crippen molar-refractivity contribution in [2.45, 2.75) is 12.3 Å². The van der Waals surface area contributed by atoms with Crippen LogP contribution in [0.1, 0.15) is 33.8 Å². The molecule has 26 heavy (non-hydrogen) atoms. The molecule has 1 heterocycles. The van der Waals surface area contributed by atoms with E-state index in [4.69, 9.17) is 11.6 Å². The first-order valence-corrected chi connectivity index (χ1v) is 7.72. The number of ether oxygens (including phenoxy) is 2. The van der Waals surface area contributed by atoms with Crippen molar-refractivity contribution in [1.82, 2.24) is 4.98 Å². The Hall–Kier alpha value is -2.87. The molecule has 1 aromatic carbocycles. The van der Waals surface area contributed by atoms with Crippen LogP contribution in [0.2, 0.25) is 5.02 Å². The molecule has 0 fully saturated rings. The first kappa shape index (κ1) is 19.5. The lowest BCUT2D eigenvalue weighted by Gasteiger charge is -2.18. The van der Waals surface area contributed by atoms with Crippen molar-refractivity contribution < 1.29 is 28.6 Å². The van der Waals surface area contributed by atoms with Gasteiger partial charge in [-0.2, -0.15) is 0 Å². The molecule has 0 aliphatic heterocycles. The molecule has 2 aromatic rings. The standard InChI is InChI=1S/C17H15ClFNO6/c1-25-13(21)6-9(8-3-4-12(19)11(18)5-8)14-15(22)10(17(24)26-2)7-20-16(14)23/h3-5,7,9H,6H2,1-2H3,(H2,20,22,23)/t9-/m1/s1. The van der Waals surface area contributed by atoms with Crippen LogP contribution in [0.3, 0.4) is 0 Å². The fourth-order valence-electron chi connectivity index (χ4n) is 2.49. The van der Waals surface area contributed by atoms with E-state index in [1.807, 2.05) is 0 Å². The Labute approximate surface area is 152 Å². The van der Waals surface area contributed by atoms with Crippen LogP contribution in [0.25, 0.3) is 0 Å². The van der Waals surface area contributed by atoms with Gasteiger partial charge in [0, 0.05) is 12.1 Å². The molecule has 0 aliphatic rings. The average Bonchev–Trinajstić information content (AvgIpc) is 2.62. The lowest BCUT2D eigenvalue weighted by atomic mass is 9.88. The number of aromatic amines is 1. The zero-order chi connectivity index (χ0) is 19.4. The van der Waals surface area contributed by atoms with Crippen LogP contribution in [0.5, 0.6) is 5.75 Å². The summed E-state index contributed by atoms with van der Waals surface area (Å²) < 4.78 is 22.6.